The molecule has 2 rings (SSSR count). The average Bonchev–Trinajstić information content (AvgIpc) is 2.45. The maximum atomic E-state index is 9.07. The second kappa shape index (κ2) is 6.00. The minimum Gasteiger partial charge on any atom is -0.396 e. The van der Waals surface area contributed by atoms with E-state index >= 15 is 0 Å². The van der Waals surface area contributed by atoms with Gasteiger partial charge in [-0.05, 0) is 35.6 Å². The van der Waals surface area contributed by atoms with Crippen LogP contribution < -0.4 is 0 Å². The van der Waals surface area contributed by atoms with Crippen LogP contribution in [-0.2, 0) is 6.42 Å². The molecule has 2 aromatic carbocycles. The number of rotatable bonds is 4. The van der Waals surface area contributed by atoms with Crippen molar-refractivity contribution in [1.82, 2.24) is 0 Å². The molecule has 89 valence electrons. The molecule has 0 saturated heterocycles. The summed E-state index contributed by atoms with van der Waals surface area (Å²) in [6, 6.07) is 17.8. The monoisotopic (exact) mass is 236 g/mol. The van der Waals surface area contributed by atoms with Crippen LogP contribution in [0.4, 0.5) is 0 Å². The minimum atomic E-state index is 0.0962. The summed E-state index contributed by atoms with van der Waals surface area (Å²) < 4.78 is 0. The first kappa shape index (κ1) is 12.3. The summed E-state index contributed by atoms with van der Waals surface area (Å²) in [6.07, 6.45) is 2.58. The SMILES string of the molecule is N#Cc1ccccc1-c1ccc(C[CH]CO)cc1. The van der Waals surface area contributed by atoms with E-state index in [2.05, 4.69) is 6.07 Å². The van der Waals surface area contributed by atoms with E-state index in [-0.39, 0.29) is 6.61 Å². The molecular weight excluding hydrogens is 222 g/mol. The van der Waals surface area contributed by atoms with E-state index in [1.165, 1.54) is 0 Å². The highest BCUT2D eigenvalue weighted by molar-refractivity contribution is 5.70. The fourth-order valence-corrected chi connectivity index (χ4v) is 1.88. The van der Waals surface area contributed by atoms with Gasteiger partial charge in [0.1, 0.15) is 0 Å². The number of nitriles is 1. The normalized spacial score (nSPS) is 10.0. The van der Waals surface area contributed by atoms with Gasteiger partial charge in [0.2, 0.25) is 0 Å². The molecule has 0 bridgehead atoms. The molecule has 2 nitrogen and oxygen atoms in total. The van der Waals surface area contributed by atoms with Gasteiger partial charge in [0.25, 0.3) is 0 Å². The van der Waals surface area contributed by atoms with Crippen LogP contribution in [0.3, 0.4) is 0 Å². The van der Waals surface area contributed by atoms with Crippen molar-refractivity contribution in [3.05, 3.63) is 66.1 Å². The molecule has 18 heavy (non-hydrogen) atoms. The van der Waals surface area contributed by atoms with Gasteiger partial charge in [-0.2, -0.15) is 5.26 Å². The summed E-state index contributed by atoms with van der Waals surface area (Å²) in [7, 11) is 0. The van der Waals surface area contributed by atoms with E-state index in [0.717, 1.165) is 23.1 Å². The standard InChI is InChI=1S/C16H14NO/c17-12-15-5-1-2-6-16(15)14-9-7-13(8-10-14)4-3-11-18/h1-3,5-10,18H,4,11H2. The van der Waals surface area contributed by atoms with Crippen molar-refractivity contribution in [2.45, 2.75) is 6.42 Å². The van der Waals surface area contributed by atoms with Gasteiger partial charge in [-0.1, -0.05) is 42.5 Å². The zero-order chi connectivity index (χ0) is 12.8. The van der Waals surface area contributed by atoms with Crippen molar-refractivity contribution >= 4 is 0 Å². The largest absolute Gasteiger partial charge is 0.396 e. The molecule has 0 spiro atoms. The number of benzene rings is 2. The lowest BCUT2D eigenvalue weighted by Crippen LogP contribution is -1.90. The highest BCUT2D eigenvalue weighted by atomic mass is 16.2. The molecule has 0 unspecified atom stereocenters. The summed E-state index contributed by atoms with van der Waals surface area (Å²) in [6.45, 7) is 0.0962. The van der Waals surface area contributed by atoms with Crippen molar-refractivity contribution in [2.24, 2.45) is 0 Å². The molecule has 1 radical (unpaired) electrons. The molecule has 0 heterocycles. The number of hydrogen-bond acceptors (Lipinski definition) is 2. The molecule has 0 amide bonds. The zero-order valence-corrected chi connectivity index (χ0v) is 10.0. The number of hydrogen-bond donors (Lipinski definition) is 1. The average molecular weight is 236 g/mol. The Labute approximate surface area is 107 Å². The van der Waals surface area contributed by atoms with E-state index in [1.807, 2.05) is 55.0 Å². The molecule has 2 aromatic rings. The zero-order valence-electron chi connectivity index (χ0n) is 10.0. The Hall–Kier alpha value is -2.11. The smallest absolute Gasteiger partial charge is 0.0998 e. The van der Waals surface area contributed by atoms with Crippen LogP contribution in [0.15, 0.2) is 48.5 Å². The van der Waals surface area contributed by atoms with Crippen molar-refractivity contribution < 1.29 is 5.11 Å². The van der Waals surface area contributed by atoms with E-state index in [9.17, 15) is 0 Å². The Balaban J connectivity index is 2.27. The minimum absolute atomic E-state index is 0.0962. The summed E-state index contributed by atoms with van der Waals surface area (Å²) >= 11 is 0. The van der Waals surface area contributed by atoms with E-state index < -0.39 is 0 Å². The van der Waals surface area contributed by atoms with Crippen molar-refractivity contribution in [2.75, 3.05) is 6.61 Å². The van der Waals surface area contributed by atoms with Gasteiger partial charge in [-0.15, -0.1) is 0 Å². The Morgan fingerprint density at radius 3 is 2.44 bits per heavy atom. The molecule has 0 aliphatic carbocycles. The van der Waals surface area contributed by atoms with Crippen molar-refractivity contribution in [3.8, 4) is 17.2 Å². The Morgan fingerprint density at radius 2 is 1.78 bits per heavy atom. The van der Waals surface area contributed by atoms with E-state index in [0.29, 0.717) is 5.56 Å². The van der Waals surface area contributed by atoms with Gasteiger partial charge < -0.3 is 5.11 Å². The predicted octanol–water partition coefficient (Wildman–Crippen LogP) is 2.96. The molecule has 0 atom stereocenters. The number of aliphatic hydroxyl groups excluding tert-OH is 1. The first-order chi connectivity index (χ1) is 8.85. The quantitative estimate of drug-likeness (QED) is 0.887. The van der Waals surface area contributed by atoms with Crippen LogP contribution >= 0.6 is 0 Å². The number of aliphatic hydroxyl groups is 1. The van der Waals surface area contributed by atoms with Crippen LogP contribution in [-0.4, -0.2) is 11.7 Å². The van der Waals surface area contributed by atoms with Crippen molar-refractivity contribution in [3.63, 3.8) is 0 Å². The summed E-state index contributed by atoms with van der Waals surface area (Å²) in [5.74, 6) is 0. The van der Waals surface area contributed by atoms with Gasteiger partial charge in [-0.25, -0.2) is 0 Å². The van der Waals surface area contributed by atoms with Gasteiger partial charge in [0.05, 0.1) is 11.6 Å². The lowest BCUT2D eigenvalue weighted by molar-refractivity contribution is 0.325. The lowest BCUT2D eigenvalue weighted by atomic mass is 9.98. The molecule has 0 aromatic heterocycles. The maximum Gasteiger partial charge on any atom is 0.0998 e. The third-order valence-corrected chi connectivity index (χ3v) is 2.82. The Kier molecular flexibility index (Phi) is 4.11. The van der Waals surface area contributed by atoms with Crippen LogP contribution in [0.25, 0.3) is 11.1 Å². The van der Waals surface area contributed by atoms with Crippen LogP contribution in [0.5, 0.6) is 0 Å². The molecular formula is C16H14NO. The lowest BCUT2D eigenvalue weighted by Gasteiger charge is -2.05. The first-order valence-electron chi connectivity index (χ1n) is 5.86. The van der Waals surface area contributed by atoms with Crippen LogP contribution in [0.2, 0.25) is 0 Å². The van der Waals surface area contributed by atoms with Crippen LogP contribution in [0.1, 0.15) is 11.1 Å². The second-order valence-corrected chi connectivity index (χ2v) is 4.03. The third kappa shape index (κ3) is 2.77. The molecule has 0 saturated carbocycles. The maximum absolute atomic E-state index is 9.07. The van der Waals surface area contributed by atoms with Gasteiger partial charge in [0, 0.05) is 6.61 Å². The first-order valence-corrected chi connectivity index (χ1v) is 5.86. The summed E-state index contributed by atoms with van der Waals surface area (Å²) in [5, 5.41) is 17.8. The molecule has 0 fully saturated rings. The number of nitrogens with zero attached hydrogens (tertiary/aromatic N) is 1. The molecule has 1 N–H and O–H groups in total. The summed E-state index contributed by atoms with van der Waals surface area (Å²) in [5.41, 5.74) is 3.84. The predicted molar refractivity (Wildman–Crippen MR) is 71.7 cm³/mol. The fourth-order valence-electron chi connectivity index (χ4n) is 1.88. The van der Waals surface area contributed by atoms with Gasteiger partial charge in [0.15, 0.2) is 0 Å². The molecule has 2 heteroatoms. The topological polar surface area (TPSA) is 44.0 Å². The Bertz CT molecular complexity index is 552. The Morgan fingerprint density at radius 1 is 1.06 bits per heavy atom. The van der Waals surface area contributed by atoms with Crippen molar-refractivity contribution in [1.29, 1.82) is 5.26 Å². The van der Waals surface area contributed by atoms with Gasteiger partial charge >= 0.3 is 0 Å². The molecule has 0 aliphatic heterocycles. The summed E-state index contributed by atoms with van der Waals surface area (Å²) in [4.78, 5) is 0. The second-order valence-electron chi connectivity index (χ2n) is 4.03. The fraction of sp³-hybridized carbons (Fsp3) is 0.125. The van der Waals surface area contributed by atoms with Crippen LogP contribution in [0, 0.1) is 17.8 Å². The highest BCUT2D eigenvalue weighted by Crippen LogP contribution is 2.23. The van der Waals surface area contributed by atoms with E-state index in [4.69, 9.17) is 10.4 Å². The highest BCUT2D eigenvalue weighted by Gasteiger charge is 2.03. The van der Waals surface area contributed by atoms with E-state index in [1.54, 1.807) is 0 Å². The molecule has 0 aliphatic rings. The third-order valence-electron chi connectivity index (χ3n) is 2.82. The van der Waals surface area contributed by atoms with Gasteiger partial charge in [-0.3, -0.25) is 0 Å².